The Morgan fingerprint density at radius 2 is 1.89 bits per heavy atom. The van der Waals surface area contributed by atoms with Crippen LogP contribution in [0.25, 0.3) is 0 Å². The van der Waals surface area contributed by atoms with Crippen LogP contribution < -0.4 is 9.64 Å². The summed E-state index contributed by atoms with van der Waals surface area (Å²) in [6.45, 7) is 0.862. The van der Waals surface area contributed by atoms with E-state index in [0.717, 1.165) is 17.6 Å². The van der Waals surface area contributed by atoms with Crippen molar-refractivity contribution in [1.29, 1.82) is 0 Å². The molecule has 100 valence electrons. The maximum Gasteiger partial charge on any atom is 0.119 e. The third kappa shape index (κ3) is 3.51. The number of anilines is 1. The number of halogens is 1. The highest BCUT2D eigenvalue weighted by atomic mass is 79.9. The van der Waals surface area contributed by atoms with E-state index in [2.05, 4.69) is 64.3 Å². The van der Waals surface area contributed by atoms with Crippen LogP contribution >= 0.6 is 15.9 Å². The summed E-state index contributed by atoms with van der Waals surface area (Å²) < 4.78 is 5.26. The molecule has 0 unspecified atom stereocenters. The van der Waals surface area contributed by atoms with Crippen molar-refractivity contribution in [1.82, 2.24) is 0 Å². The first kappa shape index (κ1) is 13.9. The van der Waals surface area contributed by atoms with Crippen molar-refractivity contribution < 1.29 is 4.74 Å². The lowest BCUT2D eigenvalue weighted by Gasteiger charge is -2.22. The molecule has 0 aromatic heterocycles. The van der Waals surface area contributed by atoms with Crippen molar-refractivity contribution >= 4 is 21.6 Å². The zero-order valence-corrected chi connectivity index (χ0v) is 12.9. The van der Waals surface area contributed by atoms with Gasteiger partial charge in [0.25, 0.3) is 0 Å². The summed E-state index contributed by atoms with van der Waals surface area (Å²) >= 11 is 3.54. The van der Waals surface area contributed by atoms with Gasteiger partial charge in [-0.05, 0) is 29.3 Å². The van der Waals surface area contributed by atoms with Gasteiger partial charge in [0, 0.05) is 24.6 Å². The number of hydrogen-bond donors (Lipinski definition) is 0. The van der Waals surface area contributed by atoms with E-state index in [0.29, 0.717) is 0 Å². The topological polar surface area (TPSA) is 12.5 Å². The summed E-state index contributed by atoms with van der Waals surface area (Å²) in [7, 11) is 3.81. The quantitative estimate of drug-likeness (QED) is 0.765. The van der Waals surface area contributed by atoms with Gasteiger partial charge in [-0.2, -0.15) is 0 Å². The Morgan fingerprint density at radius 3 is 2.63 bits per heavy atom. The Kier molecular flexibility index (Phi) is 4.86. The minimum Gasteiger partial charge on any atom is -0.497 e. The fourth-order valence-corrected chi connectivity index (χ4v) is 2.60. The first-order valence-electron chi connectivity index (χ1n) is 6.22. The average Bonchev–Trinajstić information content (AvgIpc) is 2.47. The summed E-state index contributed by atoms with van der Waals surface area (Å²) in [6.07, 6.45) is 0. The third-order valence-electron chi connectivity index (χ3n) is 3.10. The van der Waals surface area contributed by atoms with Gasteiger partial charge in [0.05, 0.1) is 7.11 Å². The average molecular weight is 320 g/mol. The summed E-state index contributed by atoms with van der Waals surface area (Å²) in [4.78, 5) is 2.26. The highest BCUT2D eigenvalue weighted by molar-refractivity contribution is 9.08. The van der Waals surface area contributed by atoms with Gasteiger partial charge in [0.15, 0.2) is 0 Å². The van der Waals surface area contributed by atoms with Gasteiger partial charge in [0.1, 0.15) is 5.75 Å². The van der Waals surface area contributed by atoms with Crippen molar-refractivity contribution in [3.8, 4) is 5.75 Å². The molecular formula is C16H18BrNO. The van der Waals surface area contributed by atoms with Crippen molar-refractivity contribution in [3.63, 3.8) is 0 Å². The highest BCUT2D eigenvalue weighted by Gasteiger charge is 2.07. The Balaban J connectivity index is 2.18. The number of para-hydroxylation sites is 1. The molecule has 0 aliphatic heterocycles. The Labute approximate surface area is 123 Å². The fourth-order valence-electron chi connectivity index (χ4n) is 2.13. The second-order valence-corrected chi connectivity index (χ2v) is 5.03. The van der Waals surface area contributed by atoms with E-state index in [-0.39, 0.29) is 0 Å². The van der Waals surface area contributed by atoms with Crippen molar-refractivity contribution in [2.75, 3.05) is 19.1 Å². The number of methoxy groups -OCH3 is 1. The molecule has 0 saturated heterocycles. The van der Waals surface area contributed by atoms with E-state index in [1.807, 2.05) is 12.1 Å². The summed E-state index contributed by atoms with van der Waals surface area (Å²) in [5, 5.41) is 0.867. The van der Waals surface area contributed by atoms with Crippen LogP contribution in [0.3, 0.4) is 0 Å². The van der Waals surface area contributed by atoms with Gasteiger partial charge < -0.3 is 9.64 Å². The molecule has 19 heavy (non-hydrogen) atoms. The highest BCUT2D eigenvalue weighted by Crippen LogP contribution is 2.23. The van der Waals surface area contributed by atoms with Crippen molar-refractivity contribution in [3.05, 3.63) is 59.7 Å². The lowest BCUT2D eigenvalue weighted by molar-refractivity contribution is 0.414. The predicted octanol–water partition coefficient (Wildman–Crippen LogP) is 4.23. The molecule has 0 aliphatic carbocycles. The molecule has 0 spiro atoms. The van der Waals surface area contributed by atoms with Crippen LogP contribution in [0, 0.1) is 0 Å². The molecule has 0 amide bonds. The molecule has 0 heterocycles. The molecule has 0 atom stereocenters. The van der Waals surface area contributed by atoms with Crippen molar-refractivity contribution in [2.45, 2.75) is 11.9 Å². The van der Waals surface area contributed by atoms with Gasteiger partial charge in [-0.25, -0.2) is 0 Å². The maximum absolute atomic E-state index is 5.26. The lowest BCUT2D eigenvalue weighted by Crippen LogP contribution is -2.17. The zero-order valence-electron chi connectivity index (χ0n) is 11.3. The monoisotopic (exact) mass is 319 g/mol. The second-order valence-electron chi connectivity index (χ2n) is 4.47. The largest absolute Gasteiger partial charge is 0.497 e. The number of rotatable bonds is 5. The van der Waals surface area contributed by atoms with Crippen LogP contribution in [0.2, 0.25) is 0 Å². The van der Waals surface area contributed by atoms with Crippen LogP contribution in [0.5, 0.6) is 5.75 Å². The van der Waals surface area contributed by atoms with Gasteiger partial charge in [-0.3, -0.25) is 0 Å². The molecule has 3 heteroatoms. The molecule has 0 aliphatic rings. The van der Waals surface area contributed by atoms with E-state index in [4.69, 9.17) is 4.74 Å². The second kappa shape index (κ2) is 6.62. The number of ether oxygens (including phenoxy) is 1. The molecule has 2 aromatic rings. The molecular weight excluding hydrogens is 302 g/mol. The standard InChI is InChI=1S/C16H18BrNO/c1-18(16-9-4-3-7-14(16)11-17)12-13-6-5-8-15(10-13)19-2/h3-10H,11-12H2,1-2H3. The number of benzene rings is 2. The van der Waals surface area contributed by atoms with Gasteiger partial charge in [0.2, 0.25) is 0 Å². The maximum atomic E-state index is 5.26. The molecule has 0 bridgehead atoms. The summed E-state index contributed by atoms with van der Waals surface area (Å²) in [6, 6.07) is 16.6. The summed E-state index contributed by atoms with van der Waals surface area (Å²) in [5.41, 5.74) is 3.79. The van der Waals surface area contributed by atoms with Gasteiger partial charge in [-0.1, -0.05) is 46.3 Å². The van der Waals surface area contributed by atoms with Gasteiger partial charge in [-0.15, -0.1) is 0 Å². The fraction of sp³-hybridized carbons (Fsp3) is 0.250. The van der Waals surface area contributed by atoms with E-state index < -0.39 is 0 Å². The van der Waals surface area contributed by atoms with E-state index in [1.165, 1.54) is 16.8 Å². The Morgan fingerprint density at radius 1 is 1.11 bits per heavy atom. The Bertz CT molecular complexity index is 542. The smallest absolute Gasteiger partial charge is 0.119 e. The lowest BCUT2D eigenvalue weighted by atomic mass is 10.1. The van der Waals surface area contributed by atoms with E-state index in [9.17, 15) is 0 Å². The third-order valence-corrected chi connectivity index (χ3v) is 3.70. The number of hydrogen-bond acceptors (Lipinski definition) is 2. The Hall–Kier alpha value is -1.48. The minimum atomic E-state index is 0.862. The number of alkyl halides is 1. The zero-order chi connectivity index (χ0) is 13.7. The molecule has 2 rings (SSSR count). The molecule has 0 saturated carbocycles. The van der Waals surface area contributed by atoms with E-state index >= 15 is 0 Å². The van der Waals surface area contributed by atoms with Crippen LogP contribution in [0.4, 0.5) is 5.69 Å². The predicted molar refractivity (Wildman–Crippen MR) is 84.2 cm³/mol. The minimum absolute atomic E-state index is 0.862. The van der Waals surface area contributed by atoms with Crippen LogP contribution in [0.15, 0.2) is 48.5 Å². The first-order chi connectivity index (χ1) is 9.24. The molecule has 0 radical (unpaired) electrons. The summed E-state index contributed by atoms with van der Waals surface area (Å²) in [5.74, 6) is 0.902. The first-order valence-corrected chi connectivity index (χ1v) is 7.34. The molecule has 2 aromatic carbocycles. The molecule has 0 N–H and O–H groups in total. The molecule has 0 fully saturated rings. The van der Waals surface area contributed by atoms with E-state index in [1.54, 1.807) is 7.11 Å². The SMILES string of the molecule is COc1cccc(CN(C)c2ccccc2CBr)c1. The van der Waals surface area contributed by atoms with Crippen LogP contribution in [-0.2, 0) is 11.9 Å². The number of nitrogens with zero attached hydrogens (tertiary/aromatic N) is 1. The van der Waals surface area contributed by atoms with Crippen molar-refractivity contribution in [2.24, 2.45) is 0 Å². The van der Waals surface area contributed by atoms with Crippen LogP contribution in [0.1, 0.15) is 11.1 Å². The van der Waals surface area contributed by atoms with Gasteiger partial charge >= 0.3 is 0 Å². The normalized spacial score (nSPS) is 10.3. The van der Waals surface area contributed by atoms with Crippen LogP contribution in [-0.4, -0.2) is 14.2 Å². The molecule has 2 nitrogen and oxygen atoms in total.